The van der Waals surface area contributed by atoms with Gasteiger partial charge in [0.15, 0.2) is 5.69 Å². The fraction of sp³-hybridized carbons (Fsp3) is 0.632. The number of halogens is 3. The number of piperazine rings is 1. The van der Waals surface area contributed by atoms with Gasteiger partial charge in [-0.05, 0) is 25.8 Å². The largest absolute Gasteiger partial charge is 0.435 e. The molecule has 1 aliphatic carbocycles. The van der Waals surface area contributed by atoms with E-state index < -0.39 is 17.9 Å². The van der Waals surface area contributed by atoms with Crippen molar-refractivity contribution >= 4 is 5.91 Å². The Kier molecular flexibility index (Phi) is 5.14. The maximum absolute atomic E-state index is 13.1. The SMILES string of the molecule is CC(C(=O)N1CCN(Cc2cnn(C)c2)CC1)n1nc(C(F)(F)F)cc1C1CC1. The van der Waals surface area contributed by atoms with Gasteiger partial charge in [-0.1, -0.05) is 0 Å². The highest BCUT2D eigenvalue weighted by Gasteiger charge is 2.39. The van der Waals surface area contributed by atoms with Crippen LogP contribution in [0.25, 0.3) is 0 Å². The molecule has 1 unspecified atom stereocenters. The molecule has 1 atom stereocenters. The lowest BCUT2D eigenvalue weighted by molar-refractivity contribution is -0.143. The number of rotatable bonds is 5. The zero-order chi connectivity index (χ0) is 20.8. The van der Waals surface area contributed by atoms with E-state index in [-0.39, 0.29) is 11.8 Å². The summed E-state index contributed by atoms with van der Waals surface area (Å²) < 4.78 is 42.4. The second-order valence-corrected chi connectivity index (χ2v) is 7.97. The van der Waals surface area contributed by atoms with Gasteiger partial charge in [-0.3, -0.25) is 19.1 Å². The van der Waals surface area contributed by atoms with Crippen molar-refractivity contribution in [1.82, 2.24) is 29.4 Å². The van der Waals surface area contributed by atoms with Crippen LogP contribution in [-0.4, -0.2) is 61.4 Å². The molecule has 0 bridgehead atoms. The van der Waals surface area contributed by atoms with Crippen molar-refractivity contribution in [3.8, 4) is 0 Å². The second kappa shape index (κ2) is 7.47. The first-order chi connectivity index (χ1) is 13.7. The molecule has 1 aliphatic heterocycles. The van der Waals surface area contributed by atoms with Crippen molar-refractivity contribution in [2.24, 2.45) is 7.05 Å². The first-order valence-electron chi connectivity index (χ1n) is 9.87. The molecule has 1 amide bonds. The highest BCUT2D eigenvalue weighted by molar-refractivity contribution is 5.80. The molecule has 2 aromatic heterocycles. The normalized spacial score (nSPS) is 19.6. The Morgan fingerprint density at radius 1 is 1.24 bits per heavy atom. The molecule has 3 heterocycles. The third-order valence-electron chi connectivity index (χ3n) is 5.62. The smallest absolute Gasteiger partial charge is 0.338 e. The fourth-order valence-electron chi connectivity index (χ4n) is 3.85. The molecule has 1 saturated carbocycles. The van der Waals surface area contributed by atoms with Gasteiger partial charge in [-0.15, -0.1) is 0 Å². The summed E-state index contributed by atoms with van der Waals surface area (Å²) in [5.41, 5.74) is 0.722. The second-order valence-electron chi connectivity index (χ2n) is 7.97. The van der Waals surface area contributed by atoms with Crippen LogP contribution in [0.3, 0.4) is 0 Å². The van der Waals surface area contributed by atoms with Gasteiger partial charge in [0.05, 0.1) is 6.20 Å². The van der Waals surface area contributed by atoms with E-state index in [0.717, 1.165) is 44.1 Å². The summed E-state index contributed by atoms with van der Waals surface area (Å²) in [6.07, 6.45) is 0.979. The summed E-state index contributed by atoms with van der Waals surface area (Å²) in [6, 6.07) is 0.361. The minimum atomic E-state index is -4.50. The summed E-state index contributed by atoms with van der Waals surface area (Å²) >= 11 is 0. The molecule has 1 saturated heterocycles. The Bertz CT molecular complexity index is 877. The van der Waals surface area contributed by atoms with Crippen LogP contribution in [0, 0.1) is 0 Å². The molecule has 4 rings (SSSR count). The molecule has 0 N–H and O–H groups in total. The highest BCUT2D eigenvalue weighted by Crippen LogP contribution is 2.43. The number of hydrogen-bond donors (Lipinski definition) is 0. The average molecular weight is 410 g/mol. The van der Waals surface area contributed by atoms with Gasteiger partial charge < -0.3 is 4.90 Å². The molecular weight excluding hydrogens is 385 g/mol. The number of hydrogen-bond acceptors (Lipinski definition) is 4. The number of carbonyl (C=O) groups excluding carboxylic acids is 1. The summed E-state index contributed by atoms with van der Waals surface area (Å²) in [5, 5.41) is 7.92. The van der Waals surface area contributed by atoms with E-state index in [1.165, 1.54) is 4.68 Å². The van der Waals surface area contributed by atoms with Crippen molar-refractivity contribution in [3.05, 3.63) is 35.4 Å². The first kappa shape index (κ1) is 19.9. The van der Waals surface area contributed by atoms with Crippen LogP contribution in [-0.2, 0) is 24.6 Å². The molecule has 158 valence electrons. The van der Waals surface area contributed by atoms with Crippen LogP contribution in [0.4, 0.5) is 13.2 Å². The maximum Gasteiger partial charge on any atom is 0.435 e. The Morgan fingerprint density at radius 3 is 2.48 bits per heavy atom. The Labute approximate surface area is 167 Å². The Balaban J connectivity index is 1.40. The summed E-state index contributed by atoms with van der Waals surface area (Å²) in [5.74, 6) is -0.102. The molecule has 10 heteroatoms. The lowest BCUT2D eigenvalue weighted by Crippen LogP contribution is -2.50. The van der Waals surface area contributed by atoms with Crippen LogP contribution in [0.15, 0.2) is 18.5 Å². The van der Waals surface area contributed by atoms with Crippen LogP contribution >= 0.6 is 0 Å². The van der Waals surface area contributed by atoms with Crippen molar-refractivity contribution < 1.29 is 18.0 Å². The molecule has 0 aromatic carbocycles. The fourth-order valence-corrected chi connectivity index (χ4v) is 3.85. The summed E-state index contributed by atoms with van der Waals surface area (Å²) in [4.78, 5) is 17.0. The van der Waals surface area contributed by atoms with Crippen molar-refractivity contribution in [3.63, 3.8) is 0 Å². The van der Waals surface area contributed by atoms with Crippen LogP contribution in [0.1, 0.15) is 48.7 Å². The van der Waals surface area contributed by atoms with E-state index in [2.05, 4.69) is 15.1 Å². The molecule has 7 nitrogen and oxygen atoms in total. The Hall–Kier alpha value is -2.36. The quantitative estimate of drug-likeness (QED) is 0.760. The number of nitrogens with zero attached hydrogens (tertiary/aromatic N) is 6. The summed E-state index contributed by atoms with van der Waals surface area (Å²) in [7, 11) is 1.87. The number of alkyl halides is 3. The lowest BCUT2D eigenvalue weighted by Gasteiger charge is -2.36. The van der Waals surface area contributed by atoms with Crippen LogP contribution in [0.2, 0.25) is 0 Å². The van der Waals surface area contributed by atoms with E-state index in [9.17, 15) is 18.0 Å². The molecule has 2 aliphatic rings. The minimum Gasteiger partial charge on any atom is -0.338 e. The molecule has 0 spiro atoms. The van der Waals surface area contributed by atoms with Crippen molar-refractivity contribution in [2.45, 2.75) is 44.4 Å². The van der Waals surface area contributed by atoms with Gasteiger partial charge >= 0.3 is 6.18 Å². The van der Waals surface area contributed by atoms with E-state index in [1.54, 1.807) is 16.5 Å². The van der Waals surface area contributed by atoms with E-state index in [1.807, 2.05) is 19.4 Å². The average Bonchev–Trinajstić information content (AvgIpc) is 3.28. The van der Waals surface area contributed by atoms with Gasteiger partial charge in [-0.2, -0.15) is 23.4 Å². The monoisotopic (exact) mass is 410 g/mol. The molecule has 29 heavy (non-hydrogen) atoms. The van der Waals surface area contributed by atoms with Crippen LogP contribution in [0.5, 0.6) is 0 Å². The first-order valence-corrected chi connectivity index (χ1v) is 9.87. The zero-order valence-electron chi connectivity index (χ0n) is 16.6. The maximum atomic E-state index is 13.1. The van der Waals surface area contributed by atoms with E-state index >= 15 is 0 Å². The van der Waals surface area contributed by atoms with E-state index in [0.29, 0.717) is 18.8 Å². The lowest BCUT2D eigenvalue weighted by atomic mass is 10.2. The standard InChI is InChI=1S/C19H25F3N6O/c1-13(28-16(15-3-4-15)9-17(24-28)19(20,21)22)18(29)27-7-5-26(6-8-27)12-14-10-23-25(2)11-14/h9-11,13,15H,3-8,12H2,1-2H3. The van der Waals surface area contributed by atoms with Crippen LogP contribution < -0.4 is 0 Å². The summed E-state index contributed by atoms with van der Waals surface area (Å²) in [6.45, 7) is 4.95. The number of aryl methyl sites for hydroxylation is 1. The van der Waals surface area contributed by atoms with E-state index in [4.69, 9.17) is 0 Å². The van der Waals surface area contributed by atoms with Gasteiger partial charge in [0.1, 0.15) is 6.04 Å². The molecule has 0 radical (unpaired) electrons. The molecule has 2 fully saturated rings. The number of aromatic nitrogens is 4. The van der Waals surface area contributed by atoms with Gasteiger partial charge in [-0.25, -0.2) is 0 Å². The molecule has 2 aromatic rings. The van der Waals surface area contributed by atoms with Gasteiger partial charge in [0.25, 0.3) is 0 Å². The van der Waals surface area contributed by atoms with Gasteiger partial charge in [0, 0.05) is 63.1 Å². The Morgan fingerprint density at radius 2 is 1.93 bits per heavy atom. The predicted molar refractivity (Wildman–Crippen MR) is 99.0 cm³/mol. The predicted octanol–water partition coefficient (Wildman–Crippen LogP) is 2.42. The van der Waals surface area contributed by atoms with Crippen molar-refractivity contribution in [2.75, 3.05) is 26.2 Å². The third-order valence-corrected chi connectivity index (χ3v) is 5.62. The zero-order valence-corrected chi connectivity index (χ0v) is 16.6. The van der Waals surface area contributed by atoms with Gasteiger partial charge in [0.2, 0.25) is 5.91 Å². The minimum absolute atomic E-state index is 0.0742. The molecular formula is C19H25F3N6O. The highest BCUT2D eigenvalue weighted by atomic mass is 19.4. The number of amides is 1. The van der Waals surface area contributed by atoms with Crippen molar-refractivity contribution in [1.29, 1.82) is 0 Å². The topological polar surface area (TPSA) is 59.2 Å². The third kappa shape index (κ3) is 4.31. The number of carbonyl (C=O) groups is 1.